The van der Waals surface area contributed by atoms with Gasteiger partial charge in [-0.15, -0.1) is 11.3 Å². The summed E-state index contributed by atoms with van der Waals surface area (Å²) in [7, 11) is 0. The average molecular weight is 256 g/mol. The van der Waals surface area contributed by atoms with Crippen LogP contribution in [0.15, 0.2) is 24.7 Å². The molecular formula is C11H14ClN3S. The number of hydrogen-bond acceptors (Lipinski definition) is 3. The average Bonchev–Trinajstić information content (AvgIpc) is 2.86. The van der Waals surface area contributed by atoms with Crippen molar-refractivity contribution < 1.29 is 0 Å². The Kier molecular flexibility index (Phi) is 3.98. The Hall–Kier alpha value is -0.840. The molecule has 2 aromatic rings. The van der Waals surface area contributed by atoms with Crippen LogP contribution in [0.4, 0.5) is 0 Å². The van der Waals surface area contributed by atoms with E-state index in [1.165, 1.54) is 4.88 Å². The molecule has 2 heterocycles. The first-order chi connectivity index (χ1) is 7.78. The lowest BCUT2D eigenvalue weighted by molar-refractivity contribution is 0.712. The summed E-state index contributed by atoms with van der Waals surface area (Å²) in [5.74, 6) is 0. The van der Waals surface area contributed by atoms with Crippen molar-refractivity contribution in [3.05, 3.63) is 39.6 Å². The van der Waals surface area contributed by atoms with Crippen molar-refractivity contribution in [2.45, 2.75) is 20.0 Å². The molecule has 3 nitrogen and oxygen atoms in total. The Morgan fingerprint density at radius 3 is 3.06 bits per heavy atom. The van der Waals surface area contributed by atoms with Crippen LogP contribution < -0.4 is 5.32 Å². The third-order valence-corrected chi connectivity index (χ3v) is 3.43. The van der Waals surface area contributed by atoms with Crippen molar-refractivity contribution in [1.82, 2.24) is 14.9 Å². The third-order valence-electron chi connectivity index (χ3n) is 2.21. The zero-order valence-electron chi connectivity index (χ0n) is 9.11. The molecule has 16 heavy (non-hydrogen) atoms. The van der Waals surface area contributed by atoms with E-state index in [0.717, 1.165) is 29.7 Å². The molecule has 0 aromatic carbocycles. The van der Waals surface area contributed by atoms with Crippen molar-refractivity contribution in [3.63, 3.8) is 0 Å². The summed E-state index contributed by atoms with van der Waals surface area (Å²) < 4.78 is 2.91. The Labute approximate surface area is 104 Å². The van der Waals surface area contributed by atoms with Crippen LogP contribution in [-0.4, -0.2) is 16.1 Å². The molecule has 1 N–H and O–H groups in total. The van der Waals surface area contributed by atoms with E-state index in [1.54, 1.807) is 11.3 Å². The van der Waals surface area contributed by atoms with Crippen molar-refractivity contribution in [3.8, 4) is 0 Å². The zero-order valence-corrected chi connectivity index (χ0v) is 10.7. The van der Waals surface area contributed by atoms with E-state index in [1.807, 2.05) is 12.4 Å². The molecular weight excluding hydrogens is 242 g/mol. The maximum atomic E-state index is 5.88. The molecule has 0 aliphatic heterocycles. The minimum absolute atomic E-state index is 0.828. The number of imidazole rings is 1. The maximum absolute atomic E-state index is 5.88. The number of hydrogen-bond donors (Lipinski definition) is 1. The van der Waals surface area contributed by atoms with Crippen molar-refractivity contribution in [1.29, 1.82) is 0 Å². The predicted octanol–water partition coefficient (Wildman–Crippen LogP) is 2.76. The van der Waals surface area contributed by atoms with E-state index in [0.29, 0.717) is 0 Å². The van der Waals surface area contributed by atoms with Gasteiger partial charge >= 0.3 is 0 Å². The van der Waals surface area contributed by atoms with E-state index < -0.39 is 0 Å². The molecule has 0 radical (unpaired) electrons. The van der Waals surface area contributed by atoms with Gasteiger partial charge in [0.25, 0.3) is 0 Å². The van der Waals surface area contributed by atoms with Crippen LogP contribution in [0.5, 0.6) is 0 Å². The lowest BCUT2D eigenvalue weighted by Gasteiger charge is -1.98. The molecule has 0 saturated carbocycles. The van der Waals surface area contributed by atoms with Crippen LogP contribution in [0, 0.1) is 0 Å². The normalized spacial score (nSPS) is 10.9. The van der Waals surface area contributed by atoms with Gasteiger partial charge in [-0.25, -0.2) is 4.98 Å². The third kappa shape index (κ3) is 3.07. The second-order valence-electron chi connectivity index (χ2n) is 3.52. The molecule has 0 aliphatic carbocycles. The van der Waals surface area contributed by atoms with Gasteiger partial charge in [0.15, 0.2) is 0 Å². The van der Waals surface area contributed by atoms with Gasteiger partial charge in [-0.05, 0) is 18.7 Å². The standard InChI is InChI=1S/C11H14ClN3S/c1-2-13-5-9-6-15(8-14-9)7-10-3-4-11(12)16-10/h3-4,6,8,13H,2,5,7H2,1H3. The first-order valence-electron chi connectivity index (χ1n) is 5.23. The minimum atomic E-state index is 0.828. The molecule has 0 unspecified atom stereocenters. The summed E-state index contributed by atoms with van der Waals surface area (Å²) >= 11 is 7.49. The van der Waals surface area contributed by atoms with E-state index in [9.17, 15) is 0 Å². The fraction of sp³-hybridized carbons (Fsp3) is 0.364. The summed E-state index contributed by atoms with van der Waals surface area (Å²) in [6, 6.07) is 3.98. The summed E-state index contributed by atoms with van der Waals surface area (Å²) in [5.41, 5.74) is 1.07. The largest absolute Gasteiger partial charge is 0.332 e. The molecule has 0 spiro atoms. The predicted molar refractivity (Wildman–Crippen MR) is 68.0 cm³/mol. The number of rotatable bonds is 5. The first-order valence-corrected chi connectivity index (χ1v) is 6.43. The molecule has 0 amide bonds. The van der Waals surface area contributed by atoms with Crippen LogP contribution in [0.25, 0.3) is 0 Å². The van der Waals surface area contributed by atoms with Crippen LogP contribution >= 0.6 is 22.9 Å². The second-order valence-corrected chi connectivity index (χ2v) is 5.32. The summed E-state index contributed by atoms with van der Waals surface area (Å²) in [6.45, 7) is 4.73. The topological polar surface area (TPSA) is 29.9 Å². The smallest absolute Gasteiger partial charge is 0.0953 e. The van der Waals surface area contributed by atoms with E-state index >= 15 is 0 Å². The maximum Gasteiger partial charge on any atom is 0.0953 e. The first kappa shape index (κ1) is 11.6. The van der Waals surface area contributed by atoms with Crippen LogP contribution in [0.1, 0.15) is 17.5 Å². The Bertz CT molecular complexity index is 450. The van der Waals surface area contributed by atoms with Crippen molar-refractivity contribution in [2.24, 2.45) is 0 Å². The number of halogens is 1. The lowest BCUT2D eigenvalue weighted by atomic mass is 10.4. The highest BCUT2D eigenvalue weighted by atomic mass is 35.5. The van der Waals surface area contributed by atoms with Gasteiger partial charge in [0, 0.05) is 17.6 Å². The number of nitrogens with one attached hydrogen (secondary N) is 1. The number of thiophene rings is 1. The molecule has 2 aromatic heterocycles. The quantitative estimate of drug-likeness (QED) is 0.891. The Morgan fingerprint density at radius 2 is 2.38 bits per heavy atom. The van der Waals surface area contributed by atoms with Gasteiger partial charge in [-0.1, -0.05) is 18.5 Å². The highest BCUT2D eigenvalue weighted by Gasteiger charge is 2.01. The van der Waals surface area contributed by atoms with Gasteiger partial charge in [-0.2, -0.15) is 0 Å². The monoisotopic (exact) mass is 255 g/mol. The second kappa shape index (κ2) is 5.48. The summed E-state index contributed by atoms with van der Waals surface area (Å²) in [6.07, 6.45) is 3.93. The SMILES string of the molecule is CCNCc1cn(Cc2ccc(Cl)s2)cn1. The molecule has 0 bridgehead atoms. The van der Waals surface area contributed by atoms with Crippen LogP contribution in [-0.2, 0) is 13.1 Å². The summed E-state index contributed by atoms with van der Waals surface area (Å²) in [5, 5.41) is 3.25. The molecule has 0 aliphatic rings. The molecule has 0 saturated heterocycles. The number of nitrogens with zero attached hydrogens (tertiary/aromatic N) is 2. The zero-order chi connectivity index (χ0) is 11.4. The minimum Gasteiger partial charge on any atom is -0.332 e. The lowest BCUT2D eigenvalue weighted by Crippen LogP contribution is -2.11. The highest BCUT2D eigenvalue weighted by molar-refractivity contribution is 7.16. The molecule has 0 fully saturated rings. The van der Waals surface area contributed by atoms with Crippen LogP contribution in [0.2, 0.25) is 4.34 Å². The van der Waals surface area contributed by atoms with Gasteiger partial charge in [-0.3, -0.25) is 0 Å². The van der Waals surface area contributed by atoms with Crippen molar-refractivity contribution in [2.75, 3.05) is 6.54 Å². The van der Waals surface area contributed by atoms with E-state index in [2.05, 4.69) is 34.1 Å². The number of aromatic nitrogens is 2. The molecule has 5 heteroatoms. The van der Waals surface area contributed by atoms with Gasteiger partial charge in [0.05, 0.1) is 22.9 Å². The highest BCUT2D eigenvalue weighted by Crippen LogP contribution is 2.22. The Morgan fingerprint density at radius 1 is 1.50 bits per heavy atom. The molecule has 2 rings (SSSR count). The van der Waals surface area contributed by atoms with Crippen LogP contribution in [0.3, 0.4) is 0 Å². The van der Waals surface area contributed by atoms with Gasteiger partial charge in [0.2, 0.25) is 0 Å². The Balaban J connectivity index is 1.97. The van der Waals surface area contributed by atoms with Gasteiger partial charge in [0.1, 0.15) is 0 Å². The van der Waals surface area contributed by atoms with E-state index in [4.69, 9.17) is 11.6 Å². The fourth-order valence-electron chi connectivity index (χ4n) is 1.45. The molecule has 86 valence electrons. The fourth-order valence-corrected chi connectivity index (χ4v) is 2.55. The summed E-state index contributed by atoms with van der Waals surface area (Å²) in [4.78, 5) is 5.58. The van der Waals surface area contributed by atoms with Gasteiger partial charge < -0.3 is 9.88 Å². The van der Waals surface area contributed by atoms with Crippen molar-refractivity contribution >= 4 is 22.9 Å². The van der Waals surface area contributed by atoms with E-state index in [-0.39, 0.29) is 0 Å². The molecule has 0 atom stereocenters.